The van der Waals surface area contributed by atoms with Crippen LogP contribution in [0.3, 0.4) is 0 Å². The summed E-state index contributed by atoms with van der Waals surface area (Å²) in [5.41, 5.74) is 0.0441. The highest BCUT2D eigenvalue weighted by molar-refractivity contribution is 7.98. The van der Waals surface area contributed by atoms with Gasteiger partial charge in [-0.3, -0.25) is 0 Å². The topological polar surface area (TPSA) is 23.8 Å². The highest BCUT2D eigenvalue weighted by Gasteiger charge is 2.36. The zero-order valence-electron chi connectivity index (χ0n) is 7.97. The molecule has 1 fully saturated rings. The summed E-state index contributed by atoms with van der Waals surface area (Å²) in [5, 5.41) is 9.10. The van der Waals surface area contributed by atoms with Crippen LogP contribution in [0.25, 0.3) is 0 Å². The van der Waals surface area contributed by atoms with E-state index in [9.17, 15) is 0 Å². The van der Waals surface area contributed by atoms with E-state index in [0.717, 1.165) is 30.9 Å². The van der Waals surface area contributed by atoms with Crippen LogP contribution in [-0.4, -0.2) is 12.0 Å². The lowest BCUT2D eigenvalue weighted by atomic mass is 9.84. The van der Waals surface area contributed by atoms with Gasteiger partial charge in [0.1, 0.15) is 0 Å². The average Bonchev–Trinajstić information content (AvgIpc) is 2.45. The van der Waals surface area contributed by atoms with Crippen molar-refractivity contribution in [1.82, 2.24) is 0 Å². The molecular weight excluding hydrogens is 166 g/mol. The second-order valence-electron chi connectivity index (χ2n) is 3.98. The van der Waals surface area contributed by atoms with E-state index in [0.29, 0.717) is 0 Å². The first kappa shape index (κ1) is 9.92. The van der Waals surface area contributed by atoms with Gasteiger partial charge in [0.2, 0.25) is 0 Å². The molecule has 2 unspecified atom stereocenters. The molecule has 0 saturated heterocycles. The van der Waals surface area contributed by atoms with Crippen molar-refractivity contribution in [3.63, 3.8) is 0 Å². The summed E-state index contributed by atoms with van der Waals surface area (Å²) in [7, 11) is 0. The van der Waals surface area contributed by atoms with E-state index in [4.69, 9.17) is 5.26 Å². The molecule has 68 valence electrons. The van der Waals surface area contributed by atoms with E-state index in [-0.39, 0.29) is 5.41 Å². The van der Waals surface area contributed by atoms with Gasteiger partial charge in [-0.2, -0.15) is 17.0 Å². The molecule has 0 aromatic heterocycles. The highest BCUT2D eigenvalue weighted by atomic mass is 32.2. The number of nitrogens with zero attached hydrogens (tertiary/aromatic N) is 1. The number of nitriles is 1. The van der Waals surface area contributed by atoms with Gasteiger partial charge in [0.15, 0.2) is 0 Å². The van der Waals surface area contributed by atoms with Crippen LogP contribution in [0.15, 0.2) is 0 Å². The molecule has 0 N–H and O–H groups in total. The molecule has 2 atom stereocenters. The maximum Gasteiger partial charge on any atom is 0.0690 e. The van der Waals surface area contributed by atoms with Gasteiger partial charge in [-0.1, -0.05) is 6.92 Å². The number of hydrogen-bond donors (Lipinski definition) is 0. The van der Waals surface area contributed by atoms with Crippen molar-refractivity contribution in [3.05, 3.63) is 0 Å². The largest absolute Gasteiger partial charge is 0.198 e. The van der Waals surface area contributed by atoms with Crippen molar-refractivity contribution >= 4 is 11.8 Å². The second-order valence-corrected chi connectivity index (χ2v) is 4.97. The molecule has 1 nitrogen and oxygen atoms in total. The lowest BCUT2D eigenvalue weighted by Gasteiger charge is -2.19. The van der Waals surface area contributed by atoms with Crippen molar-refractivity contribution in [2.24, 2.45) is 11.3 Å². The standard InChI is InChI=1S/C10H17NS/c1-9-3-4-10(7-9,8-11)5-6-12-2/h9H,3-7H2,1-2H3. The fraction of sp³-hybridized carbons (Fsp3) is 0.900. The third-order valence-electron chi connectivity index (χ3n) is 2.88. The van der Waals surface area contributed by atoms with E-state index in [2.05, 4.69) is 19.2 Å². The minimum Gasteiger partial charge on any atom is -0.198 e. The van der Waals surface area contributed by atoms with Crippen molar-refractivity contribution in [1.29, 1.82) is 5.26 Å². The van der Waals surface area contributed by atoms with Gasteiger partial charge >= 0.3 is 0 Å². The second kappa shape index (κ2) is 4.18. The number of thioether (sulfide) groups is 1. The lowest BCUT2D eigenvalue weighted by Crippen LogP contribution is -2.15. The summed E-state index contributed by atoms with van der Waals surface area (Å²) in [4.78, 5) is 0. The Bertz CT molecular complexity index is 185. The summed E-state index contributed by atoms with van der Waals surface area (Å²) >= 11 is 1.85. The molecule has 0 heterocycles. The van der Waals surface area contributed by atoms with E-state index in [1.807, 2.05) is 11.8 Å². The van der Waals surface area contributed by atoms with Crippen LogP contribution in [0, 0.1) is 22.7 Å². The number of rotatable bonds is 3. The Kier molecular flexibility index (Phi) is 3.46. The third-order valence-corrected chi connectivity index (χ3v) is 3.49. The molecule has 0 bridgehead atoms. The first-order valence-corrected chi connectivity index (χ1v) is 6.02. The molecule has 1 rings (SSSR count). The molecule has 0 spiro atoms. The Morgan fingerprint density at radius 3 is 2.83 bits per heavy atom. The molecule has 1 saturated carbocycles. The zero-order valence-corrected chi connectivity index (χ0v) is 8.78. The Morgan fingerprint density at radius 2 is 2.42 bits per heavy atom. The van der Waals surface area contributed by atoms with Crippen molar-refractivity contribution in [2.75, 3.05) is 12.0 Å². The Balaban J connectivity index is 2.48. The Labute approximate surface area is 79.5 Å². The SMILES string of the molecule is CSCCC1(C#N)CCC(C)C1. The van der Waals surface area contributed by atoms with Gasteiger partial charge < -0.3 is 0 Å². The summed E-state index contributed by atoms with van der Waals surface area (Å²) in [6, 6.07) is 2.53. The monoisotopic (exact) mass is 183 g/mol. The van der Waals surface area contributed by atoms with E-state index >= 15 is 0 Å². The maximum atomic E-state index is 9.10. The molecule has 1 aliphatic carbocycles. The first-order chi connectivity index (χ1) is 5.72. The molecule has 1 aliphatic rings. The minimum atomic E-state index is 0.0441. The Hall–Kier alpha value is -0.160. The van der Waals surface area contributed by atoms with Crippen LogP contribution in [0.1, 0.15) is 32.6 Å². The summed E-state index contributed by atoms with van der Waals surface area (Å²) in [5.74, 6) is 1.91. The quantitative estimate of drug-likeness (QED) is 0.671. The van der Waals surface area contributed by atoms with Crippen LogP contribution >= 0.6 is 11.8 Å². The molecule has 12 heavy (non-hydrogen) atoms. The smallest absolute Gasteiger partial charge is 0.0690 e. The van der Waals surface area contributed by atoms with Gasteiger partial charge in [-0.25, -0.2) is 0 Å². The summed E-state index contributed by atoms with van der Waals surface area (Å²) in [6.45, 7) is 2.26. The third kappa shape index (κ3) is 2.17. The molecule has 2 heteroatoms. The van der Waals surface area contributed by atoms with Crippen molar-refractivity contribution in [3.8, 4) is 6.07 Å². The van der Waals surface area contributed by atoms with Crippen LogP contribution < -0.4 is 0 Å². The van der Waals surface area contributed by atoms with Gasteiger partial charge in [-0.15, -0.1) is 0 Å². The van der Waals surface area contributed by atoms with E-state index in [1.165, 1.54) is 6.42 Å². The maximum absolute atomic E-state index is 9.10. The molecule has 0 aliphatic heterocycles. The fourth-order valence-corrected chi connectivity index (χ4v) is 2.67. The lowest BCUT2D eigenvalue weighted by molar-refractivity contribution is 0.383. The van der Waals surface area contributed by atoms with Crippen LogP contribution in [0.5, 0.6) is 0 Å². The first-order valence-electron chi connectivity index (χ1n) is 4.63. The van der Waals surface area contributed by atoms with Crippen LogP contribution in [-0.2, 0) is 0 Å². The Morgan fingerprint density at radius 1 is 1.67 bits per heavy atom. The molecular formula is C10H17NS. The van der Waals surface area contributed by atoms with E-state index in [1.54, 1.807) is 0 Å². The zero-order chi connectivity index (χ0) is 9.03. The van der Waals surface area contributed by atoms with Crippen molar-refractivity contribution in [2.45, 2.75) is 32.6 Å². The summed E-state index contributed by atoms with van der Waals surface area (Å²) < 4.78 is 0. The predicted octanol–water partition coefficient (Wildman–Crippen LogP) is 3.07. The predicted molar refractivity (Wildman–Crippen MR) is 54.1 cm³/mol. The van der Waals surface area contributed by atoms with E-state index < -0.39 is 0 Å². The number of hydrogen-bond acceptors (Lipinski definition) is 2. The summed E-state index contributed by atoms with van der Waals surface area (Å²) in [6.07, 6.45) is 6.72. The van der Waals surface area contributed by atoms with Gasteiger partial charge in [-0.05, 0) is 43.6 Å². The molecule has 0 radical (unpaired) electrons. The fourth-order valence-electron chi connectivity index (χ4n) is 2.08. The van der Waals surface area contributed by atoms with Crippen LogP contribution in [0.2, 0.25) is 0 Å². The van der Waals surface area contributed by atoms with Gasteiger partial charge in [0.05, 0.1) is 11.5 Å². The molecule has 0 aromatic rings. The highest BCUT2D eigenvalue weighted by Crippen LogP contribution is 2.44. The average molecular weight is 183 g/mol. The van der Waals surface area contributed by atoms with Gasteiger partial charge in [0, 0.05) is 0 Å². The van der Waals surface area contributed by atoms with Crippen molar-refractivity contribution < 1.29 is 0 Å². The normalized spacial score (nSPS) is 34.9. The van der Waals surface area contributed by atoms with Gasteiger partial charge in [0.25, 0.3) is 0 Å². The van der Waals surface area contributed by atoms with Crippen LogP contribution in [0.4, 0.5) is 0 Å². The molecule has 0 amide bonds. The molecule has 0 aromatic carbocycles. The minimum absolute atomic E-state index is 0.0441.